The van der Waals surface area contributed by atoms with Crippen LogP contribution < -0.4 is 5.32 Å². The largest absolute Gasteiger partial charge is 0.396 e. The molecule has 1 aromatic heterocycles. The quantitative estimate of drug-likeness (QED) is 0.747. The minimum atomic E-state index is -0.446. The molecule has 2 N–H and O–H groups in total. The summed E-state index contributed by atoms with van der Waals surface area (Å²) in [5, 5.41) is 11.6. The zero-order chi connectivity index (χ0) is 10.4. The van der Waals surface area contributed by atoms with Crippen LogP contribution in [0.15, 0.2) is 12.4 Å². The maximum atomic E-state index is 12.4. The molecule has 0 saturated heterocycles. The molecule has 0 spiro atoms. The van der Waals surface area contributed by atoms with Gasteiger partial charge >= 0.3 is 0 Å². The van der Waals surface area contributed by atoms with Gasteiger partial charge in [0.15, 0.2) is 5.82 Å². The Morgan fingerprint density at radius 1 is 1.50 bits per heavy atom. The molecular formula is C9H14FN3O. The minimum absolute atomic E-state index is 0.174. The van der Waals surface area contributed by atoms with Crippen molar-refractivity contribution in [3.63, 3.8) is 0 Å². The molecule has 0 bridgehead atoms. The normalized spacial score (nSPS) is 12.5. The molecule has 0 fully saturated rings. The topological polar surface area (TPSA) is 58.0 Å². The predicted molar refractivity (Wildman–Crippen MR) is 51.4 cm³/mol. The van der Waals surface area contributed by atoms with Gasteiger partial charge in [0, 0.05) is 12.6 Å². The number of aromatic nitrogens is 2. The average molecular weight is 199 g/mol. The van der Waals surface area contributed by atoms with Gasteiger partial charge in [-0.05, 0) is 19.8 Å². The summed E-state index contributed by atoms with van der Waals surface area (Å²) in [4.78, 5) is 7.53. The van der Waals surface area contributed by atoms with Crippen LogP contribution in [-0.2, 0) is 0 Å². The molecule has 0 saturated carbocycles. The highest BCUT2D eigenvalue weighted by Gasteiger charge is 2.03. The summed E-state index contributed by atoms with van der Waals surface area (Å²) >= 11 is 0. The zero-order valence-electron chi connectivity index (χ0n) is 8.07. The lowest BCUT2D eigenvalue weighted by atomic mass is 10.2. The third-order valence-corrected chi connectivity index (χ3v) is 1.79. The molecule has 0 aliphatic rings. The van der Waals surface area contributed by atoms with Gasteiger partial charge in [-0.3, -0.25) is 0 Å². The van der Waals surface area contributed by atoms with E-state index in [1.807, 2.05) is 6.92 Å². The van der Waals surface area contributed by atoms with Gasteiger partial charge in [0.1, 0.15) is 0 Å². The number of aliphatic hydroxyl groups is 1. The summed E-state index contributed by atoms with van der Waals surface area (Å²) in [5.74, 6) is -0.0320. The van der Waals surface area contributed by atoms with Crippen molar-refractivity contribution in [3.8, 4) is 0 Å². The van der Waals surface area contributed by atoms with Crippen molar-refractivity contribution in [2.75, 3.05) is 11.9 Å². The predicted octanol–water partition coefficient (Wildman–Crippen LogP) is 1.19. The molecule has 0 radical (unpaired) electrons. The Morgan fingerprint density at radius 3 is 2.71 bits per heavy atom. The van der Waals surface area contributed by atoms with Crippen molar-refractivity contribution < 1.29 is 9.50 Å². The molecule has 4 nitrogen and oxygen atoms in total. The smallest absolute Gasteiger partial charge is 0.222 e. The standard InChI is InChI=1S/C9H14FN3O/c1-7(3-2-4-14)13-9-11-5-8(10)6-12-9/h5-7,14H,2-4H2,1H3,(H,11,12,13). The van der Waals surface area contributed by atoms with E-state index in [9.17, 15) is 4.39 Å². The van der Waals surface area contributed by atoms with Crippen molar-refractivity contribution in [2.24, 2.45) is 0 Å². The molecule has 0 aromatic carbocycles. The molecule has 0 amide bonds. The molecule has 0 aliphatic heterocycles. The first kappa shape index (κ1) is 10.8. The van der Waals surface area contributed by atoms with E-state index in [1.54, 1.807) is 0 Å². The molecule has 14 heavy (non-hydrogen) atoms. The first-order chi connectivity index (χ1) is 6.72. The Hall–Kier alpha value is -1.23. The minimum Gasteiger partial charge on any atom is -0.396 e. The summed E-state index contributed by atoms with van der Waals surface area (Å²) in [5.41, 5.74) is 0. The van der Waals surface area contributed by atoms with Crippen molar-refractivity contribution >= 4 is 5.95 Å². The fourth-order valence-electron chi connectivity index (χ4n) is 1.08. The van der Waals surface area contributed by atoms with Crippen LogP contribution in [0, 0.1) is 5.82 Å². The average Bonchev–Trinajstić information content (AvgIpc) is 2.18. The van der Waals surface area contributed by atoms with Crippen molar-refractivity contribution in [1.29, 1.82) is 0 Å². The molecule has 0 aliphatic carbocycles. The van der Waals surface area contributed by atoms with E-state index in [1.165, 1.54) is 0 Å². The van der Waals surface area contributed by atoms with Gasteiger partial charge in [-0.15, -0.1) is 0 Å². The van der Waals surface area contributed by atoms with Crippen LogP contribution in [0.25, 0.3) is 0 Å². The number of anilines is 1. The van der Waals surface area contributed by atoms with E-state index in [0.717, 1.165) is 25.2 Å². The summed E-state index contributed by atoms with van der Waals surface area (Å²) in [6.45, 7) is 2.14. The highest BCUT2D eigenvalue weighted by molar-refractivity contribution is 5.23. The van der Waals surface area contributed by atoms with Crippen molar-refractivity contribution in [1.82, 2.24) is 9.97 Å². The lowest BCUT2D eigenvalue weighted by molar-refractivity contribution is 0.282. The summed E-state index contributed by atoms with van der Waals surface area (Å²) in [6, 6.07) is 0.174. The van der Waals surface area contributed by atoms with Crippen LogP contribution in [0.2, 0.25) is 0 Å². The first-order valence-corrected chi connectivity index (χ1v) is 4.57. The maximum absolute atomic E-state index is 12.4. The van der Waals surface area contributed by atoms with Crippen LogP contribution in [0.3, 0.4) is 0 Å². The Labute approximate surface area is 82.2 Å². The number of nitrogens with one attached hydrogen (secondary N) is 1. The summed E-state index contributed by atoms with van der Waals surface area (Å²) < 4.78 is 12.4. The van der Waals surface area contributed by atoms with Gasteiger partial charge in [-0.1, -0.05) is 0 Å². The molecular weight excluding hydrogens is 185 g/mol. The fourth-order valence-corrected chi connectivity index (χ4v) is 1.08. The first-order valence-electron chi connectivity index (χ1n) is 4.57. The van der Waals surface area contributed by atoms with Crippen LogP contribution in [0.1, 0.15) is 19.8 Å². The van der Waals surface area contributed by atoms with E-state index < -0.39 is 5.82 Å². The lowest BCUT2D eigenvalue weighted by Gasteiger charge is -2.12. The number of nitrogens with zero attached hydrogens (tertiary/aromatic N) is 2. The van der Waals surface area contributed by atoms with E-state index in [-0.39, 0.29) is 12.6 Å². The van der Waals surface area contributed by atoms with Crippen molar-refractivity contribution in [2.45, 2.75) is 25.8 Å². The van der Waals surface area contributed by atoms with Gasteiger partial charge in [-0.25, -0.2) is 14.4 Å². The second-order valence-electron chi connectivity index (χ2n) is 3.14. The van der Waals surface area contributed by atoms with E-state index >= 15 is 0 Å². The Morgan fingerprint density at radius 2 is 2.14 bits per heavy atom. The van der Waals surface area contributed by atoms with Crippen LogP contribution in [-0.4, -0.2) is 27.7 Å². The van der Waals surface area contributed by atoms with Crippen LogP contribution in [0.4, 0.5) is 10.3 Å². The molecule has 1 aromatic rings. The fraction of sp³-hybridized carbons (Fsp3) is 0.556. The molecule has 78 valence electrons. The van der Waals surface area contributed by atoms with Gasteiger partial charge < -0.3 is 10.4 Å². The monoisotopic (exact) mass is 199 g/mol. The van der Waals surface area contributed by atoms with Crippen molar-refractivity contribution in [3.05, 3.63) is 18.2 Å². The molecule has 1 atom stereocenters. The molecule has 1 heterocycles. The highest BCUT2D eigenvalue weighted by Crippen LogP contribution is 2.04. The number of rotatable bonds is 5. The second kappa shape index (κ2) is 5.49. The van der Waals surface area contributed by atoms with Gasteiger partial charge in [0.25, 0.3) is 0 Å². The second-order valence-corrected chi connectivity index (χ2v) is 3.14. The Bertz CT molecular complexity index is 265. The molecule has 5 heteroatoms. The third-order valence-electron chi connectivity index (χ3n) is 1.79. The van der Waals surface area contributed by atoms with Gasteiger partial charge in [0.05, 0.1) is 12.4 Å². The number of halogens is 1. The van der Waals surface area contributed by atoms with Crippen LogP contribution >= 0.6 is 0 Å². The summed E-state index contributed by atoms with van der Waals surface area (Å²) in [6.07, 6.45) is 3.80. The van der Waals surface area contributed by atoms with E-state index in [2.05, 4.69) is 15.3 Å². The lowest BCUT2D eigenvalue weighted by Crippen LogP contribution is -2.17. The van der Waals surface area contributed by atoms with E-state index in [4.69, 9.17) is 5.11 Å². The highest BCUT2D eigenvalue weighted by atomic mass is 19.1. The van der Waals surface area contributed by atoms with Gasteiger partial charge in [0.2, 0.25) is 5.95 Å². The zero-order valence-corrected chi connectivity index (χ0v) is 8.07. The van der Waals surface area contributed by atoms with Gasteiger partial charge in [-0.2, -0.15) is 0 Å². The van der Waals surface area contributed by atoms with Crippen LogP contribution in [0.5, 0.6) is 0 Å². The Balaban J connectivity index is 2.39. The van der Waals surface area contributed by atoms with E-state index in [0.29, 0.717) is 5.95 Å². The maximum Gasteiger partial charge on any atom is 0.222 e. The SMILES string of the molecule is CC(CCCO)Nc1ncc(F)cn1. The molecule has 1 rings (SSSR count). The Kier molecular flexibility index (Phi) is 4.25. The number of hydrogen-bond donors (Lipinski definition) is 2. The molecule has 1 unspecified atom stereocenters. The number of aliphatic hydroxyl groups excluding tert-OH is 1. The summed E-state index contributed by atoms with van der Waals surface area (Å²) in [7, 11) is 0. The number of hydrogen-bond acceptors (Lipinski definition) is 4. The third kappa shape index (κ3) is 3.66.